The summed E-state index contributed by atoms with van der Waals surface area (Å²) in [5.74, 6) is 1.10. The first-order valence-corrected chi connectivity index (χ1v) is 12.0. The molecule has 174 valence electrons. The van der Waals surface area contributed by atoms with Crippen LogP contribution in [0.5, 0.6) is 11.5 Å². The largest absolute Gasteiger partial charge is 0.497 e. The number of carbonyl (C=O) groups is 1. The molecule has 0 radical (unpaired) electrons. The Bertz CT molecular complexity index is 1520. The van der Waals surface area contributed by atoms with E-state index in [9.17, 15) is 9.59 Å². The number of halogens is 1. The second kappa shape index (κ2) is 8.25. The molecule has 0 amide bonds. The zero-order chi connectivity index (χ0) is 24.2. The van der Waals surface area contributed by atoms with Crippen LogP contribution < -0.4 is 15.0 Å². The molecule has 2 heterocycles. The summed E-state index contributed by atoms with van der Waals surface area (Å²) in [5, 5.41) is 1.11. The fourth-order valence-electron chi connectivity index (χ4n) is 4.51. The Kier molecular flexibility index (Phi) is 5.49. The van der Waals surface area contributed by atoms with E-state index in [-0.39, 0.29) is 16.8 Å². The summed E-state index contributed by atoms with van der Waals surface area (Å²) in [4.78, 5) is 32.0. The van der Waals surface area contributed by atoms with E-state index in [1.54, 1.807) is 55.2 Å². The summed E-state index contributed by atoms with van der Waals surface area (Å²) < 4.78 is 13.5. The van der Waals surface area contributed by atoms with Gasteiger partial charge >= 0.3 is 0 Å². The number of pyridine rings is 1. The van der Waals surface area contributed by atoms with Crippen LogP contribution in [0.25, 0.3) is 26.5 Å². The first-order valence-electron chi connectivity index (χ1n) is 10.8. The molecular formula is C26H23ClN2O4S. The minimum absolute atomic E-state index is 0.00673. The molecule has 0 saturated carbocycles. The van der Waals surface area contributed by atoms with Crippen LogP contribution in [0, 0.1) is 5.41 Å². The summed E-state index contributed by atoms with van der Waals surface area (Å²) >= 11 is 7.54. The van der Waals surface area contributed by atoms with Crippen LogP contribution in [0.15, 0.2) is 47.3 Å². The van der Waals surface area contributed by atoms with E-state index in [4.69, 9.17) is 21.1 Å². The molecule has 1 aliphatic rings. The summed E-state index contributed by atoms with van der Waals surface area (Å²) in [7, 11) is 3.12. The van der Waals surface area contributed by atoms with E-state index in [1.165, 1.54) is 11.3 Å². The van der Waals surface area contributed by atoms with Gasteiger partial charge in [0, 0.05) is 28.8 Å². The SMILES string of the molecule is COc1ccc(OC)c(-n2c3c(cc(-c4nc5cc(Cl)ccc5s4)c2=O)C(=O)CC(C)(C)C3)c1. The monoisotopic (exact) mass is 494 g/mol. The van der Waals surface area contributed by atoms with Crippen molar-refractivity contribution in [3.05, 3.63) is 69.1 Å². The van der Waals surface area contributed by atoms with Crippen LogP contribution in [-0.4, -0.2) is 29.6 Å². The van der Waals surface area contributed by atoms with E-state index in [0.717, 1.165) is 4.70 Å². The van der Waals surface area contributed by atoms with Gasteiger partial charge in [0.1, 0.15) is 16.5 Å². The molecular weight excluding hydrogens is 472 g/mol. The highest BCUT2D eigenvalue weighted by atomic mass is 35.5. The van der Waals surface area contributed by atoms with Crippen molar-refractivity contribution in [2.45, 2.75) is 26.7 Å². The van der Waals surface area contributed by atoms with Gasteiger partial charge in [-0.25, -0.2) is 4.98 Å². The van der Waals surface area contributed by atoms with Crippen LogP contribution in [0.1, 0.15) is 36.3 Å². The number of aromatic nitrogens is 2. The van der Waals surface area contributed by atoms with Gasteiger partial charge < -0.3 is 9.47 Å². The third kappa shape index (κ3) is 3.79. The van der Waals surface area contributed by atoms with Crippen molar-refractivity contribution in [2.24, 2.45) is 5.41 Å². The maximum atomic E-state index is 14.1. The van der Waals surface area contributed by atoms with Crippen molar-refractivity contribution in [3.8, 4) is 27.8 Å². The van der Waals surface area contributed by atoms with Crippen LogP contribution in [-0.2, 0) is 6.42 Å². The van der Waals surface area contributed by atoms with Crippen molar-refractivity contribution in [1.29, 1.82) is 0 Å². The fourth-order valence-corrected chi connectivity index (χ4v) is 5.63. The number of hydrogen-bond acceptors (Lipinski definition) is 6. The maximum Gasteiger partial charge on any atom is 0.265 e. The van der Waals surface area contributed by atoms with Crippen LogP contribution in [0.3, 0.4) is 0 Å². The molecule has 0 fully saturated rings. The molecule has 0 aliphatic heterocycles. The molecule has 0 atom stereocenters. The molecule has 2 aromatic carbocycles. The first kappa shape index (κ1) is 22.6. The normalized spacial score (nSPS) is 14.8. The highest BCUT2D eigenvalue weighted by molar-refractivity contribution is 7.21. The Morgan fingerprint density at radius 2 is 1.79 bits per heavy atom. The smallest absolute Gasteiger partial charge is 0.265 e. The maximum absolute atomic E-state index is 14.1. The number of methoxy groups -OCH3 is 2. The van der Waals surface area contributed by atoms with E-state index in [2.05, 4.69) is 4.98 Å². The van der Waals surface area contributed by atoms with Gasteiger partial charge in [-0.1, -0.05) is 25.4 Å². The van der Waals surface area contributed by atoms with Crippen molar-refractivity contribution >= 4 is 38.9 Å². The Morgan fingerprint density at radius 3 is 2.53 bits per heavy atom. The van der Waals surface area contributed by atoms with E-state index >= 15 is 0 Å². The lowest BCUT2D eigenvalue weighted by atomic mass is 9.75. The van der Waals surface area contributed by atoms with Gasteiger partial charge in [-0.3, -0.25) is 14.2 Å². The average Bonchev–Trinajstić information content (AvgIpc) is 3.20. The molecule has 0 spiro atoms. The van der Waals surface area contributed by atoms with Crippen molar-refractivity contribution in [1.82, 2.24) is 9.55 Å². The summed E-state index contributed by atoms with van der Waals surface area (Å²) in [6, 6.07) is 12.4. The second-order valence-electron chi connectivity index (χ2n) is 9.17. The van der Waals surface area contributed by atoms with E-state index < -0.39 is 0 Å². The summed E-state index contributed by atoms with van der Waals surface area (Å²) in [6.07, 6.45) is 0.974. The zero-order valence-corrected chi connectivity index (χ0v) is 20.8. The standard InChI is InChI=1S/C26H23ClN2O4S/c1-26(2)12-20-16(21(30)13-26)11-17(24-28-18-9-14(27)5-8-23(18)34-24)25(31)29(20)19-10-15(32-3)6-7-22(19)33-4/h5-11H,12-13H2,1-4H3. The first-order chi connectivity index (χ1) is 16.2. The number of ether oxygens (including phenoxy) is 2. The number of carbonyl (C=O) groups excluding carboxylic acids is 1. The molecule has 2 aromatic heterocycles. The van der Waals surface area contributed by atoms with Gasteiger partial charge in [0.25, 0.3) is 5.56 Å². The summed E-state index contributed by atoms with van der Waals surface area (Å²) in [5.41, 5.74) is 2.28. The highest BCUT2D eigenvalue weighted by Crippen LogP contribution is 2.39. The Morgan fingerprint density at radius 1 is 1.00 bits per heavy atom. The number of fused-ring (bicyclic) bond motifs is 2. The van der Waals surface area contributed by atoms with Gasteiger partial charge in [-0.05, 0) is 48.2 Å². The Hall–Kier alpha value is -3.16. The average molecular weight is 495 g/mol. The number of Topliss-reactive ketones (excluding diaryl/α,β-unsaturated/α-hetero) is 1. The molecule has 0 N–H and O–H groups in total. The van der Waals surface area contributed by atoms with Crippen LogP contribution in [0.2, 0.25) is 5.02 Å². The number of thiazole rings is 1. The molecule has 34 heavy (non-hydrogen) atoms. The predicted molar refractivity (Wildman–Crippen MR) is 135 cm³/mol. The van der Waals surface area contributed by atoms with Crippen LogP contribution in [0.4, 0.5) is 0 Å². The lowest BCUT2D eigenvalue weighted by Crippen LogP contribution is -2.35. The lowest BCUT2D eigenvalue weighted by Gasteiger charge is -2.32. The van der Waals surface area contributed by atoms with Gasteiger partial charge in [0.05, 0.1) is 35.7 Å². The molecule has 0 unspecified atom stereocenters. The molecule has 1 aliphatic carbocycles. The second-order valence-corrected chi connectivity index (χ2v) is 10.6. The molecule has 8 heteroatoms. The van der Waals surface area contributed by atoms with Gasteiger partial charge in [0.15, 0.2) is 5.78 Å². The van der Waals surface area contributed by atoms with Crippen molar-refractivity contribution in [2.75, 3.05) is 14.2 Å². The predicted octanol–water partition coefficient (Wildman–Crippen LogP) is 5.94. The number of ketones is 1. The number of rotatable bonds is 4. The fraction of sp³-hybridized carbons (Fsp3) is 0.269. The van der Waals surface area contributed by atoms with E-state index in [1.807, 2.05) is 19.9 Å². The van der Waals surface area contributed by atoms with Gasteiger partial charge in [-0.15, -0.1) is 11.3 Å². The quantitative estimate of drug-likeness (QED) is 0.351. The van der Waals surface area contributed by atoms with Gasteiger partial charge in [0.2, 0.25) is 0 Å². The lowest BCUT2D eigenvalue weighted by molar-refractivity contribution is 0.0909. The van der Waals surface area contributed by atoms with Gasteiger partial charge in [-0.2, -0.15) is 0 Å². The Balaban J connectivity index is 1.86. The van der Waals surface area contributed by atoms with E-state index in [0.29, 0.717) is 62.4 Å². The minimum atomic E-state index is -0.279. The number of benzene rings is 2. The molecule has 5 rings (SSSR count). The minimum Gasteiger partial charge on any atom is -0.497 e. The molecule has 0 saturated heterocycles. The van der Waals surface area contributed by atoms with Crippen molar-refractivity contribution < 1.29 is 14.3 Å². The topological polar surface area (TPSA) is 70.4 Å². The zero-order valence-electron chi connectivity index (χ0n) is 19.3. The summed E-state index contributed by atoms with van der Waals surface area (Å²) in [6.45, 7) is 4.08. The molecule has 0 bridgehead atoms. The van der Waals surface area contributed by atoms with Crippen molar-refractivity contribution in [3.63, 3.8) is 0 Å². The number of hydrogen-bond donors (Lipinski definition) is 0. The third-order valence-electron chi connectivity index (χ3n) is 6.10. The van der Waals surface area contributed by atoms with Crippen LogP contribution >= 0.6 is 22.9 Å². The molecule has 6 nitrogen and oxygen atoms in total. The molecule has 4 aromatic rings. The third-order valence-corrected chi connectivity index (χ3v) is 7.40. The number of nitrogens with zero attached hydrogens (tertiary/aromatic N) is 2. The highest BCUT2D eigenvalue weighted by Gasteiger charge is 2.35. The Labute approximate surface area is 205 Å².